The van der Waals surface area contributed by atoms with Crippen LogP contribution in [0.4, 0.5) is 0 Å². The van der Waals surface area contributed by atoms with Crippen LogP contribution in [0, 0.1) is 5.92 Å². The van der Waals surface area contributed by atoms with Crippen LogP contribution in [0.2, 0.25) is 0 Å². The Morgan fingerprint density at radius 1 is 1.22 bits per heavy atom. The summed E-state index contributed by atoms with van der Waals surface area (Å²) in [6, 6.07) is 0. The van der Waals surface area contributed by atoms with Gasteiger partial charge in [-0.05, 0) is 19.8 Å². The summed E-state index contributed by atoms with van der Waals surface area (Å²) >= 11 is 0. The molecule has 4 heteroatoms. The number of carbonyl (C=O) groups is 3. The smallest absolute Gasteiger partial charge is 0.305 e. The Balaban J connectivity index is 1.97. The van der Waals surface area contributed by atoms with Crippen molar-refractivity contribution >= 4 is 17.5 Å². The number of rotatable bonds is 8. The lowest BCUT2D eigenvalue weighted by molar-refractivity contribution is -0.143. The molecule has 0 spiro atoms. The largest absolute Gasteiger partial charge is 0.466 e. The molecule has 0 aromatic rings. The van der Waals surface area contributed by atoms with Gasteiger partial charge in [-0.15, -0.1) is 0 Å². The second-order valence-electron chi connectivity index (χ2n) is 4.84. The normalized spacial score (nSPS) is 19.3. The van der Waals surface area contributed by atoms with E-state index in [1.807, 2.05) is 0 Å². The number of hydrogen-bond donors (Lipinski definition) is 0. The molecule has 18 heavy (non-hydrogen) atoms. The molecule has 0 heterocycles. The van der Waals surface area contributed by atoms with Crippen molar-refractivity contribution in [2.45, 2.75) is 58.3 Å². The van der Waals surface area contributed by atoms with Crippen molar-refractivity contribution in [2.75, 3.05) is 6.61 Å². The quantitative estimate of drug-likeness (QED) is 0.379. The van der Waals surface area contributed by atoms with Gasteiger partial charge < -0.3 is 4.74 Å². The maximum Gasteiger partial charge on any atom is 0.305 e. The monoisotopic (exact) mass is 254 g/mol. The summed E-state index contributed by atoms with van der Waals surface area (Å²) in [6.45, 7) is 2.24. The second-order valence-corrected chi connectivity index (χ2v) is 4.84. The number of carbonyl (C=O) groups excluding carboxylic acids is 3. The molecule has 4 nitrogen and oxygen atoms in total. The number of unbranched alkanes of at least 4 members (excludes halogenated alkanes) is 3. The predicted molar refractivity (Wildman–Crippen MR) is 67.1 cm³/mol. The van der Waals surface area contributed by atoms with Crippen molar-refractivity contribution < 1.29 is 19.1 Å². The summed E-state index contributed by atoms with van der Waals surface area (Å²) in [7, 11) is 0. The highest BCUT2D eigenvalue weighted by Gasteiger charge is 2.29. The molecule has 0 aromatic heterocycles. The van der Waals surface area contributed by atoms with Crippen molar-refractivity contribution in [3.63, 3.8) is 0 Å². The Bertz CT molecular complexity index is 309. The van der Waals surface area contributed by atoms with E-state index in [1.54, 1.807) is 6.92 Å². The van der Waals surface area contributed by atoms with Crippen molar-refractivity contribution in [3.8, 4) is 0 Å². The van der Waals surface area contributed by atoms with E-state index in [9.17, 15) is 14.4 Å². The van der Waals surface area contributed by atoms with Crippen LogP contribution in [-0.4, -0.2) is 24.1 Å². The minimum atomic E-state index is -0.130. The zero-order valence-electron chi connectivity index (χ0n) is 11.1. The van der Waals surface area contributed by atoms with Gasteiger partial charge in [0.05, 0.1) is 13.0 Å². The summed E-state index contributed by atoms with van der Waals surface area (Å²) < 4.78 is 4.83. The highest BCUT2D eigenvalue weighted by Crippen LogP contribution is 2.24. The van der Waals surface area contributed by atoms with Crippen LogP contribution in [0.5, 0.6) is 0 Å². The second kappa shape index (κ2) is 8.01. The van der Waals surface area contributed by atoms with Gasteiger partial charge in [-0.2, -0.15) is 0 Å². The van der Waals surface area contributed by atoms with Gasteiger partial charge in [0, 0.05) is 18.8 Å². The van der Waals surface area contributed by atoms with Crippen LogP contribution in [0.1, 0.15) is 58.3 Å². The summed E-state index contributed by atoms with van der Waals surface area (Å²) in [6.07, 6.45) is 5.70. The Morgan fingerprint density at radius 2 is 1.94 bits per heavy atom. The molecule has 0 radical (unpaired) electrons. The van der Waals surface area contributed by atoms with Gasteiger partial charge in [0.25, 0.3) is 0 Å². The van der Waals surface area contributed by atoms with Crippen LogP contribution in [0.3, 0.4) is 0 Å². The molecule has 1 saturated carbocycles. The minimum Gasteiger partial charge on any atom is -0.466 e. The van der Waals surface area contributed by atoms with Crippen LogP contribution < -0.4 is 0 Å². The van der Waals surface area contributed by atoms with E-state index >= 15 is 0 Å². The van der Waals surface area contributed by atoms with Crippen molar-refractivity contribution in [1.82, 2.24) is 0 Å². The third-order valence-electron chi connectivity index (χ3n) is 3.29. The maximum absolute atomic E-state index is 11.4. The maximum atomic E-state index is 11.4. The average molecular weight is 254 g/mol. The van der Waals surface area contributed by atoms with E-state index in [2.05, 4.69) is 0 Å². The Hall–Kier alpha value is -1.19. The summed E-state index contributed by atoms with van der Waals surface area (Å²) in [4.78, 5) is 33.5. The highest BCUT2D eigenvalue weighted by atomic mass is 16.5. The molecule has 0 aromatic carbocycles. The molecule has 0 bridgehead atoms. The summed E-state index contributed by atoms with van der Waals surface area (Å²) in [5, 5.41) is 0. The van der Waals surface area contributed by atoms with Crippen LogP contribution in [-0.2, 0) is 19.1 Å². The highest BCUT2D eigenvalue weighted by molar-refractivity contribution is 6.06. The number of ketones is 2. The number of ether oxygens (including phenoxy) is 1. The van der Waals surface area contributed by atoms with Gasteiger partial charge in [0.15, 0.2) is 0 Å². The Labute approximate surface area is 108 Å². The standard InChI is InChI=1S/C14H22O4/c1-2-18-14(17)8-6-4-3-5-7-11-9-12(15)10-13(11)16/h11H,2-10H2,1H3. The van der Waals surface area contributed by atoms with Gasteiger partial charge in [-0.1, -0.05) is 19.3 Å². The lowest BCUT2D eigenvalue weighted by Gasteiger charge is -2.06. The third-order valence-corrected chi connectivity index (χ3v) is 3.29. The zero-order valence-corrected chi connectivity index (χ0v) is 11.1. The molecule has 0 aliphatic heterocycles. The SMILES string of the molecule is CCOC(=O)CCCCCCC1CC(=O)CC1=O. The van der Waals surface area contributed by atoms with E-state index < -0.39 is 0 Å². The summed E-state index contributed by atoms with van der Waals surface area (Å²) in [5.41, 5.74) is 0. The molecule has 102 valence electrons. The first-order chi connectivity index (χ1) is 8.63. The number of Topliss-reactive ketones (excluding diaryl/α,β-unsaturated/α-hetero) is 2. The first-order valence-electron chi connectivity index (χ1n) is 6.83. The van der Waals surface area contributed by atoms with E-state index in [4.69, 9.17) is 4.74 Å². The van der Waals surface area contributed by atoms with Gasteiger partial charge >= 0.3 is 5.97 Å². The zero-order chi connectivity index (χ0) is 13.4. The first-order valence-corrected chi connectivity index (χ1v) is 6.83. The molecule has 1 rings (SSSR count). The minimum absolute atomic E-state index is 0.0254. The average Bonchev–Trinajstić information content (AvgIpc) is 2.62. The van der Waals surface area contributed by atoms with Crippen LogP contribution in [0.15, 0.2) is 0 Å². The molecule has 0 N–H and O–H groups in total. The topological polar surface area (TPSA) is 60.4 Å². The van der Waals surface area contributed by atoms with Gasteiger partial charge in [0.2, 0.25) is 0 Å². The predicted octanol–water partition coefficient (Wildman–Crippen LogP) is 2.44. The Kier molecular flexibility index (Phi) is 6.61. The molecule has 1 unspecified atom stereocenters. The van der Waals surface area contributed by atoms with E-state index in [0.29, 0.717) is 19.4 Å². The van der Waals surface area contributed by atoms with E-state index in [1.165, 1.54) is 0 Å². The van der Waals surface area contributed by atoms with Gasteiger partial charge in [0.1, 0.15) is 11.6 Å². The lowest BCUT2D eigenvalue weighted by Crippen LogP contribution is -2.06. The fraction of sp³-hybridized carbons (Fsp3) is 0.786. The molecule has 1 aliphatic carbocycles. The van der Waals surface area contributed by atoms with Gasteiger partial charge in [-0.25, -0.2) is 0 Å². The first kappa shape index (κ1) is 14.9. The Morgan fingerprint density at radius 3 is 2.56 bits per heavy atom. The van der Waals surface area contributed by atoms with E-state index in [-0.39, 0.29) is 29.9 Å². The molecule has 0 amide bonds. The molecule has 0 saturated heterocycles. The molecule has 1 fully saturated rings. The lowest BCUT2D eigenvalue weighted by atomic mass is 9.98. The summed E-state index contributed by atoms with van der Waals surface area (Å²) in [5.74, 6) is 0.0514. The third kappa shape index (κ3) is 5.43. The fourth-order valence-electron chi connectivity index (χ4n) is 2.31. The van der Waals surface area contributed by atoms with E-state index in [0.717, 1.165) is 32.1 Å². The fourth-order valence-corrected chi connectivity index (χ4v) is 2.31. The van der Waals surface area contributed by atoms with Crippen molar-refractivity contribution in [1.29, 1.82) is 0 Å². The molecule has 1 aliphatic rings. The van der Waals surface area contributed by atoms with Crippen molar-refractivity contribution in [3.05, 3.63) is 0 Å². The number of esters is 1. The van der Waals surface area contributed by atoms with Crippen LogP contribution in [0.25, 0.3) is 0 Å². The van der Waals surface area contributed by atoms with Crippen LogP contribution >= 0.6 is 0 Å². The molecule has 1 atom stereocenters. The van der Waals surface area contributed by atoms with Crippen molar-refractivity contribution in [2.24, 2.45) is 5.92 Å². The van der Waals surface area contributed by atoms with Gasteiger partial charge in [-0.3, -0.25) is 14.4 Å². The molecular weight excluding hydrogens is 232 g/mol. The molecular formula is C14H22O4. The number of hydrogen-bond acceptors (Lipinski definition) is 4.